The third kappa shape index (κ3) is 3.28. The van der Waals surface area contributed by atoms with Gasteiger partial charge in [0.15, 0.2) is 0 Å². The summed E-state index contributed by atoms with van der Waals surface area (Å²) in [5, 5.41) is 4.19. The second-order valence-corrected chi connectivity index (χ2v) is 4.84. The summed E-state index contributed by atoms with van der Waals surface area (Å²) < 4.78 is 5.29. The number of aromatic nitrogens is 2. The van der Waals surface area contributed by atoms with Gasteiger partial charge in [-0.15, -0.1) is 0 Å². The lowest BCUT2D eigenvalue weighted by Gasteiger charge is -2.13. The Labute approximate surface area is 121 Å². The first-order valence-corrected chi connectivity index (χ1v) is 6.37. The normalized spacial score (nSPS) is 10.4. The summed E-state index contributed by atoms with van der Waals surface area (Å²) in [5.74, 6) is 1.85. The van der Waals surface area contributed by atoms with E-state index in [1.54, 1.807) is 26.2 Å². The fraction of sp³-hybridized carbons (Fsp3) is 0.231. The summed E-state index contributed by atoms with van der Waals surface area (Å²) >= 11 is 12.0. The summed E-state index contributed by atoms with van der Waals surface area (Å²) in [7, 11) is 1.59. The minimum atomic E-state index is 0.389. The van der Waals surface area contributed by atoms with E-state index in [-0.39, 0.29) is 0 Å². The molecule has 0 amide bonds. The lowest BCUT2D eigenvalue weighted by Crippen LogP contribution is -2.00. The van der Waals surface area contributed by atoms with Gasteiger partial charge in [-0.25, -0.2) is 9.97 Å². The molecule has 0 bridgehead atoms. The summed E-state index contributed by atoms with van der Waals surface area (Å²) in [6.45, 7) is 3.70. The van der Waals surface area contributed by atoms with Gasteiger partial charge in [-0.2, -0.15) is 0 Å². The first-order chi connectivity index (χ1) is 8.99. The Balaban J connectivity index is 2.39. The molecule has 0 atom stereocenters. The largest absolute Gasteiger partial charge is 0.495 e. The number of methoxy groups -OCH3 is 1. The Morgan fingerprint density at radius 2 is 1.84 bits per heavy atom. The van der Waals surface area contributed by atoms with Gasteiger partial charge < -0.3 is 10.1 Å². The summed E-state index contributed by atoms with van der Waals surface area (Å²) in [5.41, 5.74) is 1.72. The molecule has 1 aromatic carbocycles. The van der Waals surface area contributed by atoms with E-state index in [1.165, 1.54) is 0 Å². The standard InChI is InChI=1S/C13H13Cl2N3O/c1-7-4-10(11(19-3)5-9(7)14)18-13-6-12(15)16-8(2)17-13/h4-6H,1-3H3,(H,16,17,18). The van der Waals surface area contributed by atoms with Gasteiger partial charge in [-0.1, -0.05) is 23.2 Å². The van der Waals surface area contributed by atoms with Crippen molar-refractivity contribution in [3.63, 3.8) is 0 Å². The zero-order valence-corrected chi connectivity index (χ0v) is 12.3. The van der Waals surface area contributed by atoms with Crippen molar-refractivity contribution in [2.24, 2.45) is 0 Å². The van der Waals surface area contributed by atoms with Crippen LogP contribution in [0.2, 0.25) is 10.2 Å². The van der Waals surface area contributed by atoms with E-state index in [4.69, 9.17) is 27.9 Å². The third-order valence-electron chi connectivity index (χ3n) is 2.55. The lowest BCUT2D eigenvalue weighted by molar-refractivity contribution is 0.416. The van der Waals surface area contributed by atoms with Crippen LogP contribution in [0.3, 0.4) is 0 Å². The number of rotatable bonds is 3. The van der Waals surface area contributed by atoms with Crippen molar-refractivity contribution in [2.75, 3.05) is 12.4 Å². The minimum absolute atomic E-state index is 0.389. The van der Waals surface area contributed by atoms with E-state index >= 15 is 0 Å². The first kappa shape index (κ1) is 13.9. The number of hydrogen-bond donors (Lipinski definition) is 1. The molecule has 2 aromatic rings. The van der Waals surface area contributed by atoms with E-state index in [9.17, 15) is 0 Å². The van der Waals surface area contributed by atoms with Crippen molar-refractivity contribution >= 4 is 34.7 Å². The Kier molecular flexibility index (Phi) is 4.12. The third-order valence-corrected chi connectivity index (χ3v) is 3.15. The molecule has 6 heteroatoms. The number of hydrogen-bond acceptors (Lipinski definition) is 4. The molecule has 0 fully saturated rings. The Hall–Kier alpha value is -1.52. The molecular weight excluding hydrogens is 285 g/mol. The van der Waals surface area contributed by atoms with Crippen LogP contribution in [-0.4, -0.2) is 17.1 Å². The first-order valence-electron chi connectivity index (χ1n) is 5.62. The average molecular weight is 298 g/mol. The van der Waals surface area contributed by atoms with Crippen LogP contribution in [-0.2, 0) is 0 Å². The van der Waals surface area contributed by atoms with E-state index < -0.39 is 0 Å². The predicted molar refractivity (Wildman–Crippen MR) is 77.8 cm³/mol. The molecule has 0 unspecified atom stereocenters. The van der Waals surface area contributed by atoms with Crippen LogP contribution in [0.25, 0.3) is 0 Å². The Morgan fingerprint density at radius 3 is 2.47 bits per heavy atom. The van der Waals surface area contributed by atoms with E-state index in [1.807, 2.05) is 13.0 Å². The molecule has 1 heterocycles. The zero-order chi connectivity index (χ0) is 14.0. The number of halogens is 2. The second-order valence-electron chi connectivity index (χ2n) is 4.05. The number of nitrogens with one attached hydrogen (secondary N) is 1. The van der Waals surface area contributed by atoms with Crippen molar-refractivity contribution in [3.8, 4) is 5.75 Å². The van der Waals surface area contributed by atoms with Crippen molar-refractivity contribution in [1.29, 1.82) is 0 Å². The van der Waals surface area contributed by atoms with Gasteiger partial charge in [-0.3, -0.25) is 0 Å². The van der Waals surface area contributed by atoms with Crippen LogP contribution in [0.4, 0.5) is 11.5 Å². The average Bonchev–Trinajstić information content (AvgIpc) is 2.32. The number of anilines is 2. The molecule has 0 aliphatic rings. The van der Waals surface area contributed by atoms with Gasteiger partial charge in [0.2, 0.25) is 0 Å². The van der Waals surface area contributed by atoms with Gasteiger partial charge in [0.1, 0.15) is 22.5 Å². The van der Waals surface area contributed by atoms with Crippen LogP contribution >= 0.6 is 23.2 Å². The molecule has 4 nitrogen and oxygen atoms in total. The maximum atomic E-state index is 6.06. The molecular formula is C13H13Cl2N3O. The molecule has 1 aromatic heterocycles. The molecule has 0 spiro atoms. The quantitative estimate of drug-likeness (QED) is 0.865. The van der Waals surface area contributed by atoms with Gasteiger partial charge in [-0.05, 0) is 25.5 Å². The summed E-state index contributed by atoms with van der Waals surface area (Å²) in [6, 6.07) is 5.30. The van der Waals surface area contributed by atoms with E-state index in [0.717, 1.165) is 11.3 Å². The molecule has 100 valence electrons. The van der Waals surface area contributed by atoms with Crippen molar-refractivity contribution in [1.82, 2.24) is 9.97 Å². The second kappa shape index (κ2) is 5.63. The summed E-state index contributed by atoms with van der Waals surface area (Å²) in [4.78, 5) is 8.27. The van der Waals surface area contributed by atoms with Crippen LogP contribution in [0, 0.1) is 13.8 Å². The molecule has 0 saturated carbocycles. The molecule has 0 saturated heterocycles. The van der Waals surface area contributed by atoms with Crippen molar-refractivity contribution in [3.05, 3.63) is 39.8 Å². The molecule has 19 heavy (non-hydrogen) atoms. The molecule has 0 radical (unpaired) electrons. The highest BCUT2D eigenvalue weighted by Crippen LogP contribution is 2.32. The number of ether oxygens (including phenoxy) is 1. The highest BCUT2D eigenvalue weighted by Gasteiger charge is 2.09. The fourth-order valence-corrected chi connectivity index (χ4v) is 2.04. The van der Waals surface area contributed by atoms with Gasteiger partial charge >= 0.3 is 0 Å². The maximum Gasteiger partial charge on any atom is 0.143 e. The predicted octanol–water partition coefficient (Wildman–Crippen LogP) is 4.15. The van der Waals surface area contributed by atoms with E-state index in [0.29, 0.717) is 27.6 Å². The van der Waals surface area contributed by atoms with Gasteiger partial charge in [0.25, 0.3) is 0 Å². The molecule has 1 N–H and O–H groups in total. The van der Waals surface area contributed by atoms with Crippen molar-refractivity contribution < 1.29 is 4.74 Å². The lowest BCUT2D eigenvalue weighted by atomic mass is 10.2. The van der Waals surface area contributed by atoms with Gasteiger partial charge in [0.05, 0.1) is 12.8 Å². The highest BCUT2D eigenvalue weighted by atomic mass is 35.5. The molecule has 0 aliphatic heterocycles. The van der Waals surface area contributed by atoms with Crippen LogP contribution < -0.4 is 10.1 Å². The number of aryl methyl sites for hydroxylation is 2. The molecule has 0 aliphatic carbocycles. The highest BCUT2D eigenvalue weighted by molar-refractivity contribution is 6.31. The fourth-order valence-electron chi connectivity index (χ4n) is 1.66. The van der Waals surface area contributed by atoms with Crippen molar-refractivity contribution in [2.45, 2.75) is 13.8 Å². The zero-order valence-electron chi connectivity index (χ0n) is 10.8. The Morgan fingerprint density at radius 1 is 1.11 bits per heavy atom. The SMILES string of the molecule is COc1cc(Cl)c(C)cc1Nc1cc(Cl)nc(C)n1. The molecule has 2 rings (SSSR count). The van der Waals surface area contributed by atoms with Crippen LogP contribution in [0.15, 0.2) is 18.2 Å². The Bertz CT molecular complexity index is 597. The topological polar surface area (TPSA) is 47.0 Å². The number of benzene rings is 1. The maximum absolute atomic E-state index is 6.06. The van der Waals surface area contributed by atoms with E-state index in [2.05, 4.69) is 15.3 Å². The monoisotopic (exact) mass is 297 g/mol. The summed E-state index contributed by atoms with van der Waals surface area (Å²) in [6.07, 6.45) is 0. The van der Waals surface area contributed by atoms with Crippen LogP contribution in [0.5, 0.6) is 5.75 Å². The van der Waals surface area contributed by atoms with Crippen LogP contribution in [0.1, 0.15) is 11.4 Å². The number of nitrogens with zero attached hydrogens (tertiary/aromatic N) is 2. The smallest absolute Gasteiger partial charge is 0.143 e. The minimum Gasteiger partial charge on any atom is -0.495 e. The van der Waals surface area contributed by atoms with Gasteiger partial charge in [0, 0.05) is 17.2 Å².